The first-order valence-corrected chi connectivity index (χ1v) is 6.68. The standard InChI is InChI=1S/C14H17N5O/c1-17-7-6-16-13(17)14(20)19-10-8-18(9-11-19)12-4-2-3-5-15-12/h2-7H,8-11H2,1H3. The van der Waals surface area contributed by atoms with Crippen LogP contribution in [0, 0.1) is 0 Å². The number of imidazole rings is 1. The molecular formula is C14H17N5O. The van der Waals surface area contributed by atoms with Crippen molar-refractivity contribution < 1.29 is 4.79 Å². The second kappa shape index (κ2) is 5.32. The number of pyridine rings is 1. The van der Waals surface area contributed by atoms with E-state index in [4.69, 9.17) is 0 Å². The number of aromatic nitrogens is 3. The van der Waals surface area contributed by atoms with Gasteiger partial charge in [-0.2, -0.15) is 0 Å². The first-order chi connectivity index (χ1) is 9.75. The lowest BCUT2D eigenvalue weighted by molar-refractivity contribution is 0.0730. The molecule has 6 heteroatoms. The lowest BCUT2D eigenvalue weighted by Gasteiger charge is -2.35. The largest absolute Gasteiger partial charge is 0.353 e. The van der Waals surface area contributed by atoms with E-state index in [2.05, 4.69) is 14.9 Å². The van der Waals surface area contributed by atoms with Crippen LogP contribution in [0.4, 0.5) is 5.82 Å². The van der Waals surface area contributed by atoms with Crippen LogP contribution in [-0.2, 0) is 7.05 Å². The van der Waals surface area contributed by atoms with Crippen molar-refractivity contribution in [2.45, 2.75) is 0 Å². The van der Waals surface area contributed by atoms with Crippen molar-refractivity contribution in [2.24, 2.45) is 7.05 Å². The normalized spacial score (nSPS) is 15.4. The van der Waals surface area contributed by atoms with E-state index < -0.39 is 0 Å². The summed E-state index contributed by atoms with van der Waals surface area (Å²) in [5.41, 5.74) is 0. The number of rotatable bonds is 2. The quantitative estimate of drug-likeness (QED) is 0.810. The third kappa shape index (κ3) is 2.36. The third-order valence-electron chi connectivity index (χ3n) is 3.55. The van der Waals surface area contributed by atoms with E-state index in [0.717, 1.165) is 18.9 Å². The number of carbonyl (C=O) groups is 1. The van der Waals surface area contributed by atoms with Gasteiger partial charge in [-0.15, -0.1) is 0 Å². The fraction of sp³-hybridized carbons (Fsp3) is 0.357. The average Bonchev–Trinajstić information content (AvgIpc) is 2.94. The minimum Gasteiger partial charge on any atom is -0.353 e. The number of anilines is 1. The smallest absolute Gasteiger partial charge is 0.289 e. The maximum absolute atomic E-state index is 12.3. The topological polar surface area (TPSA) is 54.3 Å². The first-order valence-electron chi connectivity index (χ1n) is 6.68. The highest BCUT2D eigenvalue weighted by atomic mass is 16.2. The summed E-state index contributed by atoms with van der Waals surface area (Å²) in [5.74, 6) is 1.46. The summed E-state index contributed by atoms with van der Waals surface area (Å²) in [6.45, 7) is 2.99. The SMILES string of the molecule is Cn1ccnc1C(=O)N1CCN(c2ccccn2)CC1. The molecule has 0 atom stereocenters. The van der Waals surface area contributed by atoms with Gasteiger partial charge in [0.05, 0.1) is 0 Å². The van der Waals surface area contributed by atoms with Gasteiger partial charge >= 0.3 is 0 Å². The molecular weight excluding hydrogens is 254 g/mol. The molecule has 0 bridgehead atoms. The van der Waals surface area contributed by atoms with E-state index >= 15 is 0 Å². The number of nitrogens with zero attached hydrogens (tertiary/aromatic N) is 5. The van der Waals surface area contributed by atoms with E-state index in [1.54, 1.807) is 23.2 Å². The molecule has 6 nitrogen and oxygen atoms in total. The Kier molecular flexibility index (Phi) is 3.37. The lowest BCUT2D eigenvalue weighted by Crippen LogP contribution is -2.49. The highest BCUT2D eigenvalue weighted by molar-refractivity contribution is 5.91. The van der Waals surface area contributed by atoms with Crippen LogP contribution in [0.1, 0.15) is 10.6 Å². The molecule has 1 amide bonds. The van der Waals surface area contributed by atoms with Crippen molar-refractivity contribution in [3.63, 3.8) is 0 Å². The van der Waals surface area contributed by atoms with Gasteiger partial charge in [-0.05, 0) is 12.1 Å². The lowest BCUT2D eigenvalue weighted by atomic mass is 10.3. The molecule has 1 aliphatic rings. The predicted molar refractivity (Wildman–Crippen MR) is 75.6 cm³/mol. The molecule has 1 saturated heterocycles. The molecule has 20 heavy (non-hydrogen) atoms. The second-order valence-electron chi connectivity index (χ2n) is 4.83. The number of hydrogen-bond acceptors (Lipinski definition) is 4. The van der Waals surface area contributed by atoms with Crippen molar-refractivity contribution in [3.8, 4) is 0 Å². The van der Waals surface area contributed by atoms with Gasteiger partial charge in [-0.1, -0.05) is 6.07 Å². The Bertz CT molecular complexity index is 587. The van der Waals surface area contributed by atoms with E-state index in [-0.39, 0.29) is 5.91 Å². The van der Waals surface area contributed by atoms with Gasteiger partial charge in [-0.3, -0.25) is 4.79 Å². The molecule has 3 rings (SSSR count). The van der Waals surface area contributed by atoms with Gasteiger partial charge in [-0.25, -0.2) is 9.97 Å². The van der Waals surface area contributed by atoms with Gasteiger partial charge in [0.25, 0.3) is 5.91 Å². The van der Waals surface area contributed by atoms with Crippen molar-refractivity contribution in [2.75, 3.05) is 31.1 Å². The Hall–Kier alpha value is -2.37. The van der Waals surface area contributed by atoms with Crippen LogP contribution in [0.15, 0.2) is 36.8 Å². The molecule has 0 unspecified atom stereocenters. The van der Waals surface area contributed by atoms with Crippen molar-refractivity contribution in [1.29, 1.82) is 0 Å². The Morgan fingerprint density at radius 3 is 2.50 bits per heavy atom. The number of piperazine rings is 1. The fourth-order valence-corrected chi connectivity index (χ4v) is 2.39. The monoisotopic (exact) mass is 271 g/mol. The van der Waals surface area contributed by atoms with Crippen molar-refractivity contribution >= 4 is 11.7 Å². The maximum Gasteiger partial charge on any atom is 0.289 e. The number of hydrogen-bond donors (Lipinski definition) is 0. The van der Waals surface area contributed by atoms with Gasteiger partial charge < -0.3 is 14.4 Å². The summed E-state index contributed by atoms with van der Waals surface area (Å²) >= 11 is 0. The Morgan fingerprint density at radius 2 is 1.90 bits per heavy atom. The molecule has 0 aliphatic carbocycles. The number of carbonyl (C=O) groups excluding carboxylic acids is 1. The minimum absolute atomic E-state index is 0.00169. The van der Waals surface area contributed by atoms with Gasteiger partial charge in [0.15, 0.2) is 5.82 Å². The van der Waals surface area contributed by atoms with Crippen LogP contribution in [0.25, 0.3) is 0 Å². The molecule has 2 aromatic heterocycles. The van der Waals surface area contributed by atoms with E-state index in [1.165, 1.54) is 0 Å². The Morgan fingerprint density at radius 1 is 1.10 bits per heavy atom. The molecule has 2 aromatic rings. The van der Waals surface area contributed by atoms with Crippen molar-refractivity contribution in [1.82, 2.24) is 19.4 Å². The number of aryl methyl sites for hydroxylation is 1. The highest BCUT2D eigenvalue weighted by Gasteiger charge is 2.24. The molecule has 0 N–H and O–H groups in total. The zero-order valence-electron chi connectivity index (χ0n) is 11.4. The molecule has 1 aliphatic heterocycles. The summed E-state index contributed by atoms with van der Waals surface area (Å²) in [6.07, 6.45) is 5.23. The van der Waals surface area contributed by atoms with Crippen LogP contribution < -0.4 is 4.90 Å². The van der Waals surface area contributed by atoms with Crippen LogP contribution in [0.2, 0.25) is 0 Å². The Balaban J connectivity index is 1.64. The third-order valence-corrected chi connectivity index (χ3v) is 3.55. The van der Waals surface area contributed by atoms with Gasteiger partial charge in [0.1, 0.15) is 5.82 Å². The second-order valence-corrected chi connectivity index (χ2v) is 4.83. The summed E-state index contributed by atoms with van der Waals surface area (Å²) in [7, 11) is 1.84. The fourth-order valence-electron chi connectivity index (χ4n) is 2.39. The molecule has 1 fully saturated rings. The van der Waals surface area contributed by atoms with Gasteiger partial charge in [0, 0.05) is 51.8 Å². The van der Waals surface area contributed by atoms with E-state index in [9.17, 15) is 4.79 Å². The number of amides is 1. The summed E-state index contributed by atoms with van der Waals surface area (Å²) < 4.78 is 1.76. The minimum atomic E-state index is -0.00169. The van der Waals surface area contributed by atoms with E-state index in [1.807, 2.05) is 30.1 Å². The summed E-state index contributed by atoms with van der Waals surface area (Å²) in [4.78, 5) is 24.8. The van der Waals surface area contributed by atoms with Crippen LogP contribution >= 0.6 is 0 Å². The van der Waals surface area contributed by atoms with Crippen LogP contribution in [-0.4, -0.2) is 51.5 Å². The maximum atomic E-state index is 12.3. The molecule has 3 heterocycles. The van der Waals surface area contributed by atoms with E-state index in [0.29, 0.717) is 18.9 Å². The average molecular weight is 271 g/mol. The van der Waals surface area contributed by atoms with Crippen LogP contribution in [0.3, 0.4) is 0 Å². The molecule has 0 radical (unpaired) electrons. The Labute approximate surface area is 117 Å². The highest BCUT2D eigenvalue weighted by Crippen LogP contribution is 2.13. The van der Waals surface area contributed by atoms with Gasteiger partial charge in [0.2, 0.25) is 0 Å². The molecule has 104 valence electrons. The summed E-state index contributed by atoms with van der Waals surface area (Å²) in [6, 6.07) is 5.88. The zero-order valence-corrected chi connectivity index (χ0v) is 11.4. The molecule has 0 aromatic carbocycles. The predicted octanol–water partition coefficient (Wildman–Crippen LogP) is 0.777. The molecule has 0 saturated carbocycles. The van der Waals surface area contributed by atoms with Crippen molar-refractivity contribution in [3.05, 3.63) is 42.6 Å². The summed E-state index contributed by atoms with van der Waals surface area (Å²) in [5, 5.41) is 0. The first kappa shape index (κ1) is 12.7. The zero-order chi connectivity index (χ0) is 13.9. The molecule has 0 spiro atoms. The van der Waals surface area contributed by atoms with Crippen LogP contribution in [0.5, 0.6) is 0 Å².